The fourth-order valence-electron chi connectivity index (χ4n) is 3.50. The van der Waals surface area contributed by atoms with E-state index in [0.717, 1.165) is 36.9 Å². The Hall–Kier alpha value is -2.40. The average Bonchev–Trinajstić information content (AvgIpc) is 2.96. The van der Waals surface area contributed by atoms with Crippen molar-refractivity contribution in [1.29, 1.82) is 0 Å². The van der Waals surface area contributed by atoms with E-state index in [1.165, 1.54) is 5.69 Å². The minimum atomic E-state index is -0.00919. The molecule has 1 unspecified atom stereocenters. The van der Waals surface area contributed by atoms with Crippen molar-refractivity contribution in [3.05, 3.63) is 65.5 Å². The minimum Gasteiger partial charge on any atom is -0.336 e. The topological polar surface area (TPSA) is 50.2 Å². The molecule has 1 aliphatic rings. The van der Waals surface area contributed by atoms with Crippen LogP contribution in [0.1, 0.15) is 33.7 Å². The second kappa shape index (κ2) is 7.66. The first-order chi connectivity index (χ1) is 12.1. The molecule has 3 rings (SSSR count). The summed E-state index contributed by atoms with van der Waals surface area (Å²) in [5.41, 5.74) is 4.00. The minimum absolute atomic E-state index is 0.00919. The lowest BCUT2D eigenvalue weighted by Gasteiger charge is -2.24. The summed E-state index contributed by atoms with van der Waals surface area (Å²) in [6.45, 7) is 5.14. The molecule has 1 aromatic heterocycles. The van der Waals surface area contributed by atoms with Gasteiger partial charge in [-0.25, -0.2) is 0 Å². The summed E-state index contributed by atoms with van der Waals surface area (Å²) in [7, 11) is 3.77. The van der Waals surface area contributed by atoms with Crippen LogP contribution < -0.4 is 5.32 Å². The zero-order valence-electron chi connectivity index (χ0n) is 15.0. The molecule has 0 fully saturated rings. The SMILES string of the molecule is C=CCNC1CCc2c(c(C(=O)N(C)Cc3ccccc3)nn2C)C1. The highest BCUT2D eigenvalue weighted by atomic mass is 16.2. The fourth-order valence-corrected chi connectivity index (χ4v) is 3.50. The Morgan fingerprint density at radius 1 is 1.44 bits per heavy atom. The van der Waals surface area contributed by atoms with Crippen molar-refractivity contribution in [2.75, 3.05) is 13.6 Å². The smallest absolute Gasteiger partial charge is 0.274 e. The van der Waals surface area contributed by atoms with Crippen molar-refractivity contribution in [2.24, 2.45) is 7.05 Å². The molecule has 25 heavy (non-hydrogen) atoms. The normalized spacial score (nSPS) is 16.3. The van der Waals surface area contributed by atoms with E-state index in [1.54, 1.807) is 4.90 Å². The number of hydrogen-bond donors (Lipinski definition) is 1. The van der Waals surface area contributed by atoms with Gasteiger partial charge in [0.05, 0.1) is 0 Å². The Kier molecular flexibility index (Phi) is 5.34. The number of fused-ring (bicyclic) bond motifs is 1. The molecule has 0 radical (unpaired) electrons. The molecule has 1 N–H and O–H groups in total. The van der Waals surface area contributed by atoms with E-state index < -0.39 is 0 Å². The number of nitrogens with one attached hydrogen (secondary N) is 1. The van der Waals surface area contributed by atoms with E-state index in [1.807, 2.05) is 55.2 Å². The summed E-state index contributed by atoms with van der Waals surface area (Å²) in [6, 6.07) is 10.4. The molecular formula is C20H26N4O. The lowest BCUT2D eigenvalue weighted by Crippen LogP contribution is -2.36. The molecule has 1 amide bonds. The molecule has 1 atom stereocenters. The van der Waals surface area contributed by atoms with Gasteiger partial charge in [0.1, 0.15) is 0 Å². The van der Waals surface area contributed by atoms with E-state index >= 15 is 0 Å². The van der Waals surface area contributed by atoms with Crippen molar-refractivity contribution < 1.29 is 4.79 Å². The number of hydrogen-bond acceptors (Lipinski definition) is 3. The van der Waals surface area contributed by atoms with Crippen LogP contribution >= 0.6 is 0 Å². The molecule has 5 nitrogen and oxygen atoms in total. The highest BCUT2D eigenvalue weighted by Gasteiger charge is 2.29. The van der Waals surface area contributed by atoms with Gasteiger partial charge in [-0.3, -0.25) is 9.48 Å². The summed E-state index contributed by atoms with van der Waals surface area (Å²) in [4.78, 5) is 14.7. The van der Waals surface area contributed by atoms with Crippen LogP contribution in [-0.2, 0) is 26.4 Å². The highest BCUT2D eigenvalue weighted by molar-refractivity contribution is 5.94. The van der Waals surface area contributed by atoms with Gasteiger partial charge in [-0.2, -0.15) is 5.10 Å². The number of nitrogens with zero attached hydrogens (tertiary/aromatic N) is 3. The van der Waals surface area contributed by atoms with Crippen molar-refractivity contribution in [3.63, 3.8) is 0 Å². The summed E-state index contributed by atoms with van der Waals surface area (Å²) in [6.07, 6.45) is 4.73. The summed E-state index contributed by atoms with van der Waals surface area (Å²) in [5, 5.41) is 8.02. The maximum Gasteiger partial charge on any atom is 0.274 e. The molecule has 1 heterocycles. The van der Waals surface area contributed by atoms with Crippen LogP contribution in [-0.4, -0.2) is 40.2 Å². The molecule has 0 saturated carbocycles. The Balaban J connectivity index is 1.78. The number of benzene rings is 1. The van der Waals surface area contributed by atoms with Crippen molar-refractivity contribution in [2.45, 2.75) is 31.8 Å². The van der Waals surface area contributed by atoms with Gasteiger partial charge < -0.3 is 10.2 Å². The van der Waals surface area contributed by atoms with Gasteiger partial charge in [0.25, 0.3) is 5.91 Å². The molecule has 132 valence electrons. The predicted molar refractivity (Wildman–Crippen MR) is 99.5 cm³/mol. The van der Waals surface area contributed by atoms with Gasteiger partial charge >= 0.3 is 0 Å². The van der Waals surface area contributed by atoms with Gasteiger partial charge in [0, 0.05) is 44.5 Å². The van der Waals surface area contributed by atoms with Gasteiger partial charge in [-0.15, -0.1) is 6.58 Å². The number of carbonyl (C=O) groups excluding carboxylic acids is 1. The van der Waals surface area contributed by atoms with Crippen LogP contribution in [0.4, 0.5) is 0 Å². The van der Waals surface area contributed by atoms with Gasteiger partial charge in [0.15, 0.2) is 5.69 Å². The zero-order chi connectivity index (χ0) is 17.8. The molecule has 1 aliphatic carbocycles. The first-order valence-corrected chi connectivity index (χ1v) is 8.78. The van der Waals surface area contributed by atoms with Gasteiger partial charge in [-0.05, 0) is 24.8 Å². The summed E-state index contributed by atoms with van der Waals surface area (Å²) < 4.78 is 1.88. The van der Waals surface area contributed by atoms with E-state index in [-0.39, 0.29) is 5.91 Å². The van der Waals surface area contributed by atoms with Crippen LogP contribution in [0, 0.1) is 0 Å². The van der Waals surface area contributed by atoms with E-state index in [2.05, 4.69) is 17.0 Å². The summed E-state index contributed by atoms with van der Waals surface area (Å²) in [5.74, 6) is -0.00919. The first kappa shape index (κ1) is 17.4. The zero-order valence-corrected chi connectivity index (χ0v) is 15.0. The molecule has 0 spiro atoms. The number of amides is 1. The molecular weight excluding hydrogens is 312 g/mol. The number of carbonyl (C=O) groups is 1. The molecule has 2 aromatic rings. The molecule has 0 saturated heterocycles. The lowest BCUT2D eigenvalue weighted by molar-refractivity contribution is 0.0777. The van der Waals surface area contributed by atoms with Crippen molar-refractivity contribution >= 4 is 5.91 Å². The van der Waals surface area contributed by atoms with Crippen LogP contribution in [0.3, 0.4) is 0 Å². The average molecular weight is 338 g/mol. The van der Waals surface area contributed by atoms with Crippen molar-refractivity contribution in [3.8, 4) is 0 Å². The van der Waals surface area contributed by atoms with Crippen LogP contribution in [0.5, 0.6) is 0 Å². The van der Waals surface area contributed by atoms with E-state index in [4.69, 9.17) is 0 Å². The van der Waals surface area contributed by atoms with Crippen LogP contribution in [0.2, 0.25) is 0 Å². The molecule has 0 aliphatic heterocycles. The third-order valence-electron chi connectivity index (χ3n) is 4.82. The van der Waals surface area contributed by atoms with Crippen molar-refractivity contribution in [1.82, 2.24) is 20.0 Å². The number of rotatable bonds is 6. The molecule has 5 heteroatoms. The third kappa shape index (κ3) is 3.82. The predicted octanol–water partition coefficient (Wildman–Crippen LogP) is 2.33. The Labute approximate surface area is 149 Å². The first-order valence-electron chi connectivity index (χ1n) is 8.78. The highest BCUT2D eigenvalue weighted by Crippen LogP contribution is 2.25. The fraction of sp³-hybridized carbons (Fsp3) is 0.400. The quantitative estimate of drug-likeness (QED) is 0.823. The second-order valence-electron chi connectivity index (χ2n) is 6.68. The van der Waals surface area contributed by atoms with Gasteiger partial charge in [0.2, 0.25) is 0 Å². The monoisotopic (exact) mass is 338 g/mol. The van der Waals surface area contributed by atoms with E-state index in [9.17, 15) is 4.79 Å². The maximum absolute atomic E-state index is 13.0. The largest absolute Gasteiger partial charge is 0.336 e. The van der Waals surface area contributed by atoms with Crippen LogP contribution in [0.25, 0.3) is 0 Å². The maximum atomic E-state index is 13.0. The van der Waals surface area contributed by atoms with E-state index in [0.29, 0.717) is 18.3 Å². The number of aryl methyl sites for hydroxylation is 1. The standard InChI is InChI=1S/C20H26N4O/c1-4-12-21-16-10-11-18-17(13-16)19(22-24(18)3)20(25)23(2)14-15-8-6-5-7-9-15/h4-9,16,21H,1,10-14H2,2-3H3. The molecule has 0 bridgehead atoms. The Bertz CT molecular complexity index is 751. The Morgan fingerprint density at radius 2 is 2.20 bits per heavy atom. The third-order valence-corrected chi connectivity index (χ3v) is 4.82. The van der Waals surface area contributed by atoms with Gasteiger partial charge in [-0.1, -0.05) is 36.4 Å². The Morgan fingerprint density at radius 3 is 2.92 bits per heavy atom. The number of aromatic nitrogens is 2. The van der Waals surface area contributed by atoms with Crippen LogP contribution in [0.15, 0.2) is 43.0 Å². The second-order valence-corrected chi connectivity index (χ2v) is 6.68. The molecule has 1 aromatic carbocycles. The summed E-state index contributed by atoms with van der Waals surface area (Å²) >= 11 is 0. The lowest BCUT2D eigenvalue weighted by atomic mass is 9.91.